The van der Waals surface area contributed by atoms with Crippen molar-refractivity contribution in [3.05, 3.63) is 69.1 Å². The highest BCUT2D eigenvalue weighted by Gasteiger charge is 2.13. The smallest absolute Gasteiger partial charge is 0.336 e. The van der Waals surface area contributed by atoms with E-state index in [-0.39, 0.29) is 6.61 Å². The molecular weight excluding hydrogens is 342 g/mol. The molecule has 0 unspecified atom stereocenters. The van der Waals surface area contributed by atoms with Crippen molar-refractivity contribution in [3.63, 3.8) is 0 Å². The third kappa shape index (κ3) is 3.80. The fraction of sp³-hybridized carbons (Fsp3) is 0.273. The van der Waals surface area contributed by atoms with Gasteiger partial charge in [0.1, 0.15) is 12.2 Å². The molecule has 0 spiro atoms. The van der Waals surface area contributed by atoms with Crippen LogP contribution in [0.2, 0.25) is 0 Å². The summed E-state index contributed by atoms with van der Waals surface area (Å²) in [6.07, 6.45) is 0. The summed E-state index contributed by atoms with van der Waals surface area (Å²) in [7, 11) is 1.52. The maximum atomic E-state index is 12.0. The number of hydrogen-bond acceptors (Lipinski definition) is 5. The molecule has 0 radical (unpaired) electrons. The largest absolute Gasteiger partial charge is 0.493 e. The van der Waals surface area contributed by atoms with Crippen LogP contribution in [-0.2, 0) is 6.61 Å². The molecule has 0 aliphatic carbocycles. The normalized spacial score (nSPS) is 10.8. The molecule has 2 aromatic carbocycles. The lowest BCUT2D eigenvalue weighted by Crippen LogP contribution is -2.06. The number of nitriles is 1. The third-order valence-corrected chi connectivity index (χ3v) is 4.51. The van der Waals surface area contributed by atoms with Crippen LogP contribution in [0.25, 0.3) is 11.0 Å². The van der Waals surface area contributed by atoms with Crippen molar-refractivity contribution in [2.75, 3.05) is 7.11 Å². The van der Waals surface area contributed by atoms with Gasteiger partial charge in [-0.25, -0.2) is 4.79 Å². The predicted octanol–water partition coefficient (Wildman–Crippen LogP) is 4.68. The van der Waals surface area contributed by atoms with Gasteiger partial charge < -0.3 is 13.9 Å². The zero-order valence-corrected chi connectivity index (χ0v) is 15.8. The molecule has 0 saturated heterocycles. The Bertz CT molecular complexity index is 1090. The third-order valence-electron chi connectivity index (χ3n) is 4.51. The van der Waals surface area contributed by atoms with Crippen LogP contribution >= 0.6 is 0 Å². The molecule has 5 heteroatoms. The number of benzene rings is 2. The van der Waals surface area contributed by atoms with Gasteiger partial charge in [-0.15, -0.1) is 0 Å². The van der Waals surface area contributed by atoms with Gasteiger partial charge in [-0.3, -0.25) is 0 Å². The molecule has 0 fully saturated rings. The Balaban J connectivity index is 2.01. The van der Waals surface area contributed by atoms with Crippen LogP contribution in [0, 0.1) is 18.3 Å². The van der Waals surface area contributed by atoms with Crippen molar-refractivity contribution in [3.8, 4) is 17.6 Å². The summed E-state index contributed by atoms with van der Waals surface area (Å²) < 4.78 is 16.6. The maximum absolute atomic E-state index is 12.0. The Labute approximate surface area is 157 Å². The Kier molecular flexibility index (Phi) is 5.18. The summed E-state index contributed by atoms with van der Waals surface area (Å²) in [5.74, 6) is 1.34. The quantitative estimate of drug-likeness (QED) is 0.615. The molecular formula is C22H21NO4. The minimum absolute atomic E-state index is 0.185. The Morgan fingerprint density at radius 3 is 2.59 bits per heavy atom. The molecule has 0 amide bonds. The summed E-state index contributed by atoms with van der Waals surface area (Å²) in [5, 5.41) is 9.86. The molecule has 1 aromatic heterocycles. The predicted molar refractivity (Wildman–Crippen MR) is 103 cm³/mol. The number of fused-ring (bicyclic) bond motifs is 1. The van der Waals surface area contributed by atoms with E-state index in [1.165, 1.54) is 18.7 Å². The van der Waals surface area contributed by atoms with E-state index in [0.29, 0.717) is 28.6 Å². The molecule has 0 bridgehead atoms. The van der Waals surface area contributed by atoms with Crippen LogP contribution < -0.4 is 15.1 Å². The summed E-state index contributed by atoms with van der Waals surface area (Å²) in [4.78, 5) is 12.0. The molecule has 3 aromatic rings. The summed E-state index contributed by atoms with van der Waals surface area (Å²) in [5.41, 5.74) is 3.66. The highest BCUT2D eigenvalue weighted by molar-refractivity contribution is 5.82. The molecule has 0 saturated carbocycles. The van der Waals surface area contributed by atoms with Gasteiger partial charge in [-0.2, -0.15) is 5.26 Å². The molecule has 3 rings (SSSR count). The standard InChI is InChI=1S/C22H21NO4/c1-13(2)17-10-18-16(9-22(24)27-20(18)7-14(17)3)12-26-19-6-5-15(11-23)8-21(19)25-4/h5-10,13H,12H2,1-4H3. The second-order valence-corrected chi connectivity index (χ2v) is 6.72. The number of ether oxygens (including phenoxy) is 2. The van der Waals surface area contributed by atoms with Gasteiger partial charge in [0, 0.05) is 23.1 Å². The first-order valence-corrected chi connectivity index (χ1v) is 8.71. The van der Waals surface area contributed by atoms with Crippen LogP contribution in [0.3, 0.4) is 0 Å². The van der Waals surface area contributed by atoms with Crippen LogP contribution in [0.4, 0.5) is 0 Å². The highest BCUT2D eigenvalue weighted by atomic mass is 16.5. The molecule has 0 N–H and O–H groups in total. The molecule has 1 heterocycles. The number of nitrogens with zero attached hydrogens (tertiary/aromatic N) is 1. The number of aryl methyl sites for hydroxylation is 1. The molecule has 138 valence electrons. The fourth-order valence-corrected chi connectivity index (χ4v) is 3.14. The van der Waals surface area contributed by atoms with Crippen LogP contribution in [0.5, 0.6) is 11.5 Å². The van der Waals surface area contributed by atoms with E-state index >= 15 is 0 Å². The van der Waals surface area contributed by atoms with E-state index < -0.39 is 5.63 Å². The van der Waals surface area contributed by atoms with Crippen LogP contribution in [0.15, 0.2) is 45.6 Å². The van der Waals surface area contributed by atoms with Gasteiger partial charge in [0.05, 0.1) is 18.7 Å². The first-order valence-electron chi connectivity index (χ1n) is 8.71. The maximum Gasteiger partial charge on any atom is 0.336 e. The topological polar surface area (TPSA) is 72.5 Å². The summed E-state index contributed by atoms with van der Waals surface area (Å²) in [6, 6.07) is 12.5. The molecule has 5 nitrogen and oxygen atoms in total. The second-order valence-electron chi connectivity index (χ2n) is 6.72. The first-order chi connectivity index (χ1) is 12.9. The number of hydrogen-bond donors (Lipinski definition) is 0. The summed E-state index contributed by atoms with van der Waals surface area (Å²) >= 11 is 0. The zero-order valence-electron chi connectivity index (χ0n) is 15.8. The van der Waals surface area contributed by atoms with Crippen molar-refractivity contribution in [2.45, 2.75) is 33.3 Å². The van der Waals surface area contributed by atoms with E-state index in [4.69, 9.17) is 19.2 Å². The van der Waals surface area contributed by atoms with Crippen molar-refractivity contribution in [1.82, 2.24) is 0 Å². The first kappa shape index (κ1) is 18.5. The van der Waals surface area contributed by atoms with Crippen molar-refractivity contribution in [2.24, 2.45) is 0 Å². The minimum Gasteiger partial charge on any atom is -0.493 e. The average molecular weight is 363 g/mol. The van der Waals surface area contributed by atoms with E-state index in [9.17, 15) is 4.79 Å². The van der Waals surface area contributed by atoms with Gasteiger partial charge in [0.15, 0.2) is 11.5 Å². The Hall–Kier alpha value is -3.26. The summed E-state index contributed by atoms with van der Waals surface area (Å²) in [6.45, 7) is 6.46. The molecule has 0 aliphatic heterocycles. The van der Waals surface area contributed by atoms with Crippen molar-refractivity contribution >= 4 is 11.0 Å². The Morgan fingerprint density at radius 1 is 1.15 bits per heavy atom. The lowest BCUT2D eigenvalue weighted by atomic mass is 9.95. The molecule has 27 heavy (non-hydrogen) atoms. The van der Waals surface area contributed by atoms with Crippen molar-refractivity contribution in [1.29, 1.82) is 5.26 Å². The van der Waals surface area contributed by atoms with E-state index in [1.54, 1.807) is 18.2 Å². The lowest BCUT2D eigenvalue weighted by molar-refractivity contribution is 0.285. The van der Waals surface area contributed by atoms with Gasteiger partial charge in [0.2, 0.25) is 0 Å². The highest BCUT2D eigenvalue weighted by Crippen LogP contribution is 2.30. The molecule has 0 aliphatic rings. The van der Waals surface area contributed by atoms with E-state index in [0.717, 1.165) is 16.5 Å². The van der Waals surface area contributed by atoms with Gasteiger partial charge in [0.25, 0.3) is 0 Å². The number of rotatable bonds is 5. The van der Waals surface area contributed by atoms with Crippen LogP contribution in [0.1, 0.15) is 42.0 Å². The zero-order chi connectivity index (χ0) is 19.6. The van der Waals surface area contributed by atoms with E-state index in [1.807, 2.05) is 13.0 Å². The minimum atomic E-state index is -0.412. The average Bonchev–Trinajstić information content (AvgIpc) is 2.64. The monoisotopic (exact) mass is 363 g/mol. The number of methoxy groups -OCH3 is 1. The van der Waals surface area contributed by atoms with E-state index in [2.05, 4.69) is 26.0 Å². The second kappa shape index (κ2) is 7.55. The van der Waals surface area contributed by atoms with Crippen molar-refractivity contribution < 1.29 is 13.9 Å². The van der Waals surface area contributed by atoms with Crippen LogP contribution in [-0.4, -0.2) is 7.11 Å². The Morgan fingerprint density at radius 2 is 1.93 bits per heavy atom. The lowest BCUT2D eigenvalue weighted by Gasteiger charge is -2.14. The molecule has 0 atom stereocenters. The SMILES string of the molecule is COc1cc(C#N)ccc1OCc1cc(=O)oc2cc(C)c(C(C)C)cc12. The fourth-order valence-electron chi connectivity index (χ4n) is 3.14. The van der Waals surface area contributed by atoms with Gasteiger partial charge >= 0.3 is 5.63 Å². The van der Waals surface area contributed by atoms with Gasteiger partial charge in [-0.05, 0) is 48.2 Å². The van der Waals surface area contributed by atoms with Gasteiger partial charge in [-0.1, -0.05) is 13.8 Å².